The molecule has 0 radical (unpaired) electrons. The molecule has 0 amide bonds. The van der Waals surface area contributed by atoms with Crippen molar-refractivity contribution in [2.24, 2.45) is 4.40 Å². The lowest BCUT2D eigenvalue weighted by molar-refractivity contribution is 0.650. The second-order valence-electron chi connectivity index (χ2n) is 4.02. The van der Waals surface area contributed by atoms with Gasteiger partial charge >= 0.3 is 0 Å². The van der Waals surface area contributed by atoms with E-state index in [4.69, 9.17) is 0 Å². The molecule has 1 atom stereocenters. The number of rotatable bonds is 2. The van der Waals surface area contributed by atoms with Crippen molar-refractivity contribution < 1.29 is 4.21 Å². The van der Waals surface area contributed by atoms with Crippen LogP contribution >= 0.6 is 11.3 Å². The molecule has 1 aromatic rings. The first-order chi connectivity index (χ1) is 6.41. The number of thiophene rings is 1. The van der Waals surface area contributed by atoms with Gasteiger partial charge in [0, 0.05) is 4.88 Å². The first-order valence-corrected chi connectivity index (χ1v) is 6.41. The summed E-state index contributed by atoms with van der Waals surface area (Å²) in [6.45, 7) is 7.67. The Morgan fingerprint density at radius 3 is 2.57 bits per heavy atom. The van der Waals surface area contributed by atoms with E-state index in [9.17, 15) is 4.21 Å². The van der Waals surface area contributed by atoms with Gasteiger partial charge in [-0.15, -0.1) is 11.3 Å². The van der Waals surface area contributed by atoms with E-state index in [1.165, 1.54) is 0 Å². The van der Waals surface area contributed by atoms with E-state index in [1.54, 1.807) is 11.3 Å². The summed E-state index contributed by atoms with van der Waals surface area (Å²) in [6, 6.07) is 3.96. The standard InChI is InChI=1S/C10H15NOS2/c1-8(9-6-5-7-13-9)11-14(12)10(2,3)4/h5-7H,1-4H3/b11-8-. The summed E-state index contributed by atoms with van der Waals surface area (Å²) >= 11 is 1.62. The molecule has 0 aliphatic carbocycles. The minimum atomic E-state index is -1.16. The zero-order valence-electron chi connectivity index (χ0n) is 8.90. The molecule has 0 spiro atoms. The highest BCUT2D eigenvalue weighted by molar-refractivity contribution is 7.85. The Hall–Kier alpha value is -0.480. The summed E-state index contributed by atoms with van der Waals surface area (Å²) in [6.07, 6.45) is 0. The van der Waals surface area contributed by atoms with Crippen molar-refractivity contribution in [2.45, 2.75) is 32.4 Å². The Morgan fingerprint density at radius 1 is 1.50 bits per heavy atom. The topological polar surface area (TPSA) is 29.4 Å². The normalized spacial score (nSPS) is 15.6. The summed E-state index contributed by atoms with van der Waals surface area (Å²) in [4.78, 5) is 1.09. The van der Waals surface area contributed by atoms with Crippen LogP contribution in [0.5, 0.6) is 0 Å². The van der Waals surface area contributed by atoms with Crippen LogP contribution in [0.3, 0.4) is 0 Å². The second kappa shape index (κ2) is 4.36. The van der Waals surface area contributed by atoms with E-state index in [2.05, 4.69) is 4.40 Å². The lowest BCUT2D eigenvalue weighted by atomic mass is 10.3. The minimum Gasteiger partial charge on any atom is -0.234 e. The summed E-state index contributed by atoms with van der Waals surface area (Å²) < 4.78 is 15.6. The van der Waals surface area contributed by atoms with Crippen LogP contribution in [0.4, 0.5) is 0 Å². The Labute approximate surface area is 91.7 Å². The minimum absolute atomic E-state index is 0.279. The van der Waals surface area contributed by atoms with Crippen LogP contribution in [-0.4, -0.2) is 14.7 Å². The molecule has 2 nitrogen and oxygen atoms in total. The smallest absolute Gasteiger partial charge is 0.145 e. The van der Waals surface area contributed by atoms with Gasteiger partial charge in [-0.25, -0.2) is 4.21 Å². The third kappa shape index (κ3) is 3.03. The largest absolute Gasteiger partial charge is 0.234 e. The summed E-state index contributed by atoms with van der Waals surface area (Å²) in [7, 11) is -1.16. The predicted molar refractivity (Wildman–Crippen MR) is 64.4 cm³/mol. The number of hydrogen-bond donors (Lipinski definition) is 0. The van der Waals surface area contributed by atoms with Gasteiger partial charge < -0.3 is 0 Å². The first kappa shape index (κ1) is 11.6. The summed E-state index contributed by atoms with van der Waals surface area (Å²) in [5, 5.41) is 1.99. The van der Waals surface area contributed by atoms with Crippen molar-refractivity contribution in [1.29, 1.82) is 0 Å². The summed E-state index contributed by atoms with van der Waals surface area (Å²) in [5.41, 5.74) is 0.855. The van der Waals surface area contributed by atoms with Gasteiger partial charge in [-0.1, -0.05) is 6.07 Å². The molecule has 0 aromatic carbocycles. The Balaban J connectivity index is 2.85. The van der Waals surface area contributed by atoms with Gasteiger partial charge in [0.05, 0.1) is 10.5 Å². The van der Waals surface area contributed by atoms with Crippen molar-refractivity contribution >= 4 is 28.0 Å². The summed E-state index contributed by atoms with van der Waals surface area (Å²) in [5.74, 6) is 0. The van der Waals surface area contributed by atoms with Gasteiger partial charge in [0.15, 0.2) is 0 Å². The van der Waals surface area contributed by atoms with Crippen molar-refractivity contribution in [3.05, 3.63) is 22.4 Å². The molecule has 0 fully saturated rings. The zero-order chi connectivity index (χ0) is 10.8. The molecule has 1 heterocycles. The van der Waals surface area contributed by atoms with Crippen molar-refractivity contribution in [3.63, 3.8) is 0 Å². The van der Waals surface area contributed by atoms with E-state index >= 15 is 0 Å². The van der Waals surface area contributed by atoms with Gasteiger partial charge in [0.2, 0.25) is 0 Å². The van der Waals surface area contributed by atoms with E-state index in [0.29, 0.717) is 0 Å². The van der Waals surface area contributed by atoms with Crippen molar-refractivity contribution in [3.8, 4) is 0 Å². The monoisotopic (exact) mass is 229 g/mol. The van der Waals surface area contributed by atoms with Crippen LogP contribution < -0.4 is 0 Å². The quantitative estimate of drug-likeness (QED) is 0.717. The van der Waals surface area contributed by atoms with Gasteiger partial charge in [-0.3, -0.25) is 0 Å². The molecule has 78 valence electrons. The fourth-order valence-electron chi connectivity index (χ4n) is 0.791. The Bertz CT molecular complexity index is 347. The van der Waals surface area contributed by atoms with E-state index < -0.39 is 11.0 Å². The molecule has 4 heteroatoms. The van der Waals surface area contributed by atoms with Crippen LogP contribution in [0.1, 0.15) is 32.6 Å². The van der Waals surface area contributed by atoms with E-state index in [0.717, 1.165) is 10.6 Å². The highest BCUT2D eigenvalue weighted by atomic mass is 32.2. The maximum absolute atomic E-state index is 11.7. The predicted octanol–water partition coefficient (Wildman–Crippen LogP) is 3.02. The SMILES string of the molecule is C/C(=N/S(=O)C(C)(C)C)c1cccs1. The molecule has 14 heavy (non-hydrogen) atoms. The van der Waals surface area contributed by atoms with Crippen LogP contribution in [0, 0.1) is 0 Å². The maximum atomic E-state index is 11.7. The lowest BCUT2D eigenvalue weighted by Gasteiger charge is -2.13. The average molecular weight is 229 g/mol. The van der Waals surface area contributed by atoms with Gasteiger partial charge in [-0.05, 0) is 39.1 Å². The van der Waals surface area contributed by atoms with Crippen LogP contribution in [0.2, 0.25) is 0 Å². The van der Waals surface area contributed by atoms with Crippen LogP contribution in [0.25, 0.3) is 0 Å². The van der Waals surface area contributed by atoms with Crippen molar-refractivity contribution in [2.75, 3.05) is 0 Å². The van der Waals surface area contributed by atoms with Gasteiger partial charge in [0.25, 0.3) is 0 Å². The van der Waals surface area contributed by atoms with E-state index in [1.807, 2.05) is 45.2 Å². The third-order valence-corrected chi connectivity index (χ3v) is 4.09. The third-order valence-electron chi connectivity index (χ3n) is 1.62. The lowest BCUT2D eigenvalue weighted by Crippen LogP contribution is -2.20. The zero-order valence-corrected chi connectivity index (χ0v) is 10.5. The number of nitrogens with zero attached hydrogens (tertiary/aromatic N) is 1. The van der Waals surface area contributed by atoms with E-state index in [-0.39, 0.29) is 4.75 Å². The molecule has 0 saturated carbocycles. The maximum Gasteiger partial charge on any atom is 0.145 e. The molecular formula is C10H15NOS2. The van der Waals surface area contributed by atoms with Crippen LogP contribution in [-0.2, 0) is 11.0 Å². The van der Waals surface area contributed by atoms with Crippen LogP contribution in [0.15, 0.2) is 21.9 Å². The molecule has 0 N–H and O–H groups in total. The molecule has 0 bridgehead atoms. The molecule has 0 aliphatic heterocycles. The Kier molecular flexibility index (Phi) is 3.61. The van der Waals surface area contributed by atoms with Gasteiger partial charge in [0.1, 0.15) is 11.0 Å². The molecule has 1 rings (SSSR count). The van der Waals surface area contributed by atoms with Gasteiger partial charge in [-0.2, -0.15) is 4.40 Å². The molecule has 0 saturated heterocycles. The highest BCUT2D eigenvalue weighted by Crippen LogP contribution is 2.15. The molecule has 1 aromatic heterocycles. The fraction of sp³-hybridized carbons (Fsp3) is 0.500. The second-order valence-corrected chi connectivity index (χ2v) is 6.87. The number of hydrogen-bond acceptors (Lipinski definition) is 2. The molecular weight excluding hydrogens is 214 g/mol. The fourth-order valence-corrected chi connectivity index (χ4v) is 2.15. The van der Waals surface area contributed by atoms with Crippen molar-refractivity contribution in [1.82, 2.24) is 0 Å². The molecule has 0 aliphatic rings. The average Bonchev–Trinajstić information content (AvgIpc) is 2.53. The Morgan fingerprint density at radius 2 is 2.14 bits per heavy atom. The highest BCUT2D eigenvalue weighted by Gasteiger charge is 2.19. The molecule has 1 unspecified atom stereocenters. The first-order valence-electron chi connectivity index (χ1n) is 4.42.